The molecule has 3 amide bonds. The van der Waals surface area contributed by atoms with Gasteiger partial charge >= 0.3 is 12.1 Å². The van der Waals surface area contributed by atoms with Crippen LogP contribution in [0.2, 0.25) is 0 Å². The first kappa shape index (κ1) is 18.9. The van der Waals surface area contributed by atoms with Crippen LogP contribution in [0.25, 0.3) is 0 Å². The number of nitrogens with zero attached hydrogens (tertiary/aromatic N) is 3. The number of likely N-dealkylation sites (tertiary alicyclic amines) is 2. The van der Waals surface area contributed by atoms with E-state index >= 15 is 0 Å². The van der Waals surface area contributed by atoms with Gasteiger partial charge < -0.3 is 19.4 Å². The van der Waals surface area contributed by atoms with Gasteiger partial charge in [0.15, 0.2) is 0 Å². The van der Waals surface area contributed by atoms with Gasteiger partial charge in [0.25, 0.3) is 0 Å². The lowest BCUT2D eigenvalue weighted by Gasteiger charge is -2.34. The molecule has 26 heavy (non-hydrogen) atoms. The number of halogens is 3. The van der Waals surface area contributed by atoms with Crippen LogP contribution in [0.1, 0.15) is 25.7 Å². The summed E-state index contributed by atoms with van der Waals surface area (Å²) in [4.78, 5) is 40.8. The molecule has 10 heteroatoms. The van der Waals surface area contributed by atoms with Crippen LogP contribution in [0.4, 0.5) is 13.2 Å². The molecule has 0 aliphatic carbocycles. The van der Waals surface area contributed by atoms with Crippen molar-refractivity contribution in [3.05, 3.63) is 0 Å². The van der Waals surface area contributed by atoms with E-state index in [1.54, 1.807) is 4.90 Å². The molecule has 0 aromatic heterocycles. The molecule has 3 fully saturated rings. The van der Waals surface area contributed by atoms with Crippen molar-refractivity contribution < 1.29 is 32.3 Å². The monoisotopic (exact) mass is 377 g/mol. The molecule has 2 atom stereocenters. The van der Waals surface area contributed by atoms with Gasteiger partial charge in [0.05, 0.1) is 13.2 Å². The van der Waals surface area contributed by atoms with E-state index in [2.05, 4.69) is 0 Å². The molecule has 3 rings (SSSR count). The predicted molar refractivity (Wildman–Crippen MR) is 82.9 cm³/mol. The van der Waals surface area contributed by atoms with E-state index in [0.717, 1.165) is 0 Å². The molecule has 3 aliphatic rings. The van der Waals surface area contributed by atoms with E-state index in [1.165, 1.54) is 4.90 Å². The highest BCUT2D eigenvalue weighted by molar-refractivity contribution is 5.94. The first-order valence-electron chi connectivity index (χ1n) is 8.85. The van der Waals surface area contributed by atoms with Crippen LogP contribution in [0, 0.1) is 0 Å². The summed E-state index contributed by atoms with van der Waals surface area (Å²) in [5.41, 5.74) is 0. The Kier molecular flexibility index (Phi) is 5.40. The summed E-state index contributed by atoms with van der Waals surface area (Å²) >= 11 is 0. The average molecular weight is 377 g/mol. The summed E-state index contributed by atoms with van der Waals surface area (Å²) in [6, 6.07) is -1.80. The maximum Gasteiger partial charge on any atom is 0.471 e. The van der Waals surface area contributed by atoms with Gasteiger partial charge in [0, 0.05) is 26.2 Å². The van der Waals surface area contributed by atoms with Crippen LogP contribution in [0.3, 0.4) is 0 Å². The topological polar surface area (TPSA) is 70.2 Å². The molecule has 0 N–H and O–H groups in total. The number of amides is 3. The quantitative estimate of drug-likeness (QED) is 0.698. The normalized spacial score (nSPS) is 27.1. The second kappa shape index (κ2) is 7.42. The number of hydrogen-bond donors (Lipinski definition) is 0. The number of rotatable bonds is 2. The van der Waals surface area contributed by atoms with E-state index in [1.807, 2.05) is 0 Å². The highest BCUT2D eigenvalue weighted by Crippen LogP contribution is 2.29. The zero-order valence-electron chi connectivity index (χ0n) is 14.3. The third kappa shape index (κ3) is 3.65. The number of carbonyl (C=O) groups excluding carboxylic acids is 3. The first-order valence-corrected chi connectivity index (χ1v) is 8.85. The molecule has 3 saturated heterocycles. The molecule has 0 spiro atoms. The summed E-state index contributed by atoms with van der Waals surface area (Å²) in [6.45, 7) is 1.99. The fourth-order valence-corrected chi connectivity index (χ4v) is 3.90. The van der Waals surface area contributed by atoms with Gasteiger partial charge in [-0.3, -0.25) is 14.4 Å². The lowest BCUT2D eigenvalue weighted by molar-refractivity contribution is -0.187. The second-order valence-corrected chi connectivity index (χ2v) is 6.78. The molecule has 146 valence electrons. The number of carbonyl (C=O) groups is 3. The molecule has 3 aliphatic heterocycles. The van der Waals surface area contributed by atoms with Gasteiger partial charge in [0.2, 0.25) is 11.8 Å². The maximum absolute atomic E-state index is 12.9. The van der Waals surface area contributed by atoms with Gasteiger partial charge in [-0.05, 0) is 25.7 Å². The minimum atomic E-state index is -5.00. The minimum Gasteiger partial charge on any atom is -0.378 e. The largest absolute Gasteiger partial charge is 0.471 e. The molecule has 0 saturated carbocycles. The van der Waals surface area contributed by atoms with Crippen molar-refractivity contribution in [2.24, 2.45) is 0 Å². The molecule has 1 unspecified atom stereocenters. The Hall–Kier alpha value is -1.84. The number of ether oxygens (including phenoxy) is 1. The summed E-state index contributed by atoms with van der Waals surface area (Å²) in [7, 11) is 0. The predicted octanol–water partition coefficient (Wildman–Crippen LogP) is 0.389. The second-order valence-electron chi connectivity index (χ2n) is 6.78. The summed E-state index contributed by atoms with van der Waals surface area (Å²) in [6.07, 6.45) is -3.37. The van der Waals surface area contributed by atoms with Crippen LogP contribution in [-0.4, -0.2) is 90.1 Å². The van der Waals surface area contributed by atoms with Crippen molar-refractivity contribution in [1.82, 2.24) is 14.7 Å². The van der Waals surface area contributed by atoms with E-state index < -0.39 is 30.1 Å². The van der Waals surface area contributed by atoms with E-state index in [9.17, 15) is 27.6 Å². The number of hydrogen-bond acceptors (Lipinski definition) is 4. The zero-order valence-corrected chi connectivity index (χ0v) is 14.3. The van der Waals surface area contributed by atoms with Crippen LogP contribution < -0.4 is 0 Å². The molecule has 0 radical (unpaired) electrons. The van der Waals surface area contributed by atoms with Crippen LogP contribution in [-0.2, 0) is 19.1 Å². The third-order valence-electron chi connectivity index (χ3n) is 5.18. The van der Waals surface area contributed by atoms with Crippen molar-refractivity contribution >= 4 is 17.7 Å². The SMILES string of the molecule is O=C([C@@H]1CCCN1C(=O)C1CCCN1C(=O)C(F)(F)F)N1CCOCC1. The molecule has 7 nitrogen and oxygen atoms in total. The van der Waals surface area contributed by atoms with E-state index in [-0.39, 0.29) is 18.9 Å². The lowest BCUT2D eigenvalue weighted by Crippen LogP contribution is -2.56. The van der Waals surface area contributed by atoms with Crippen molar-refractivity contribution in [2.45, 2.75) is 43.9 Å². The van der Waals surface area contributed by atoms with Crippen LogP contribution >= 0.6 is 0 Å². The molecule has 0 bridgehead atoms. The number of alkyl halides is 3. The maximum atomic E-state index is 12.9. The Morgan fingerprint density at radius 1 is 0.808 bits per heavy atom. The standard InChI is InChI=1S/C16H22F3N3O4/c17-16(18,19)15(25)22-6-2-4-12(22)14(24)21-5-1-3-11(21)13(23)20-7-9-26-10-8-20/h11-12H,1-10H2/t11-,12?/m0/s1. The van der Waals surface area contributed by atoms with Gasteiger partial charge in [-0.15, -0.1) is 0 Å². The zero-order chi connectivity index (χ0) is 18.9. The Balaban J connectivity index is 1.71. The van der Waals surface area contributed by atoms with Crippen molar-refractivity contribution in [2.75, 3.05) is 39.4 Å². The highest BCUT2D eigenvalue weighted by atomic mass is 19.4. The van der Waals surface area contributed by atoms with Gasteiger partial charge in [-0.25, -0.2) is 0 Å². The Labute approximate surface area is 149 Å². The molecule has 0 aromatic rings. The summed E-state index contributed by atoms with van der Waals surface area (Å²) in [5, 5.41) is 0. The van der Waals surface area contributed by atoms with Crippen molar-refractivity contribution in [3.63, 3.8) is 0 Å². The highest BCUT2D eigenvalue weighted by Gasteiger charge is 2.49. The Morgan fingerprint density at radius 3 is 1.92 bits per heavy atom. The van der Waals surface area contributed by atoms with E-state index in [0.29, 0.717) is 57.0 Å². The molecule has 0 aromatic carbocycles. The van der Waals surface area contributed by atoms with Crippen LogP contribution in [0.15, 0.2) is 0 Å². The van der Waals surface area contributed by atoms with Crippen molar-refractivity contribution in [1.29, 1.82) is 0 Å². The lowest BCUT2D eigenvalue weighted by atomic mass is 10.1. The van der Waals surface area contributed by atoms with Gasteiger partial charge in [-0.1, -0.05) is 0 Å². The summed E-state index contributed by atoms with van der Waals surface area (Å²) < 4.78 is 43.5. The minimum absolute atomic E-state index is 0.0926. The molecular weight excluding hydrogens is 355 g/mol. The summed E-state index contributed by atoms with van der Waals surface area (Å²) in [5.74, 6) is -2.72. The van der Waals surface area contributed by atoms with Gasteiger partial charge in [0.1, 0.15) is 12.1 Å². The Morgan fingerprint density at radius 2 is 1.35 bits per heavy atom. The molecule has 3 heterocycles. The first-order chi connectivity index (χ1) is 12.3. The van der Waals surface area contributed by atoms with Gasteiger partial charge in [-0.2, -0.15) is 13.2 Å². The van der Waals surface area contributed by atoms with Crippen LogP contribution in [0.5, 0.6) is 0 Å². The number of morpholine rings is 1. The average Bonchev–Trinajstić information content (AvgIpc) is 3.29. The van der Waals surface area contributed by atoms with Crippen molar-refractivity contribution in [3.8, 4) is 0 Å². The third-order valence-corrected chi connectivity index (χ3v) is 5.18. The Bertz CT molecular complexity index is 578. The van der Waals surface area contributed by atoms with E-state index in [4.69, 9.17) is 4.74 Å². The fraction of sp³-hybridized carbons (Fsp3) is 0.812. The fourth-order valence-electron chi connectivity index (χ4n) is 3.90. The smallest absolute Gasteiger partial charge is 0.378 e. The molecular formula is C16H22F3N3O4.